The van der Waals surface area contributed by atoms with E-state index >= 15 is 0 Å². The van der Waals surface area contributed by atoms with Gasteiger partial charge >= 0.3 is 0 Å². The van der Waals surface area contributed by atoms with E-state index in [-0.39, 0.29) is 17.6 Å². The van der Waals surface area contributed by atoms with E-state index in [1.165, 1.54) is 11.8 Å². The third-order valence-electron chi connectivity index (χ3n) is 4.26. The zero-order valence-corrected chi connectivity index (χ0v) is 16.0. The Hall–Kier alpha value is -2.42. The normalized spacial score (nSPS) is 13.0. The van der Waals surface area contributed by atoms with Gasteiger partial charge in [-0.1, -0.05) is 41.6 Å². The minimum absolute atomic E-state index is 0.0827. The number of aromatic nitrogens is 3. The second-order valence-corrected chi connectivity index (χ2v) is 7.34. The van der Waals surface area contributed by atoms with Gasteiger partial charge in [0.1, 0.15) is 0 Å². The van der Waals surface area contributed by atoms with Gasteiger partial charge in [-0.3, -0.25) is 4.79 Å². The van der Waals surface area contributed by atoms with Crippen LogP contribution in [0.3, 0.4) is 0 Å². The summed E-state index contributed by atoms with van der Waals surface area (Å²) in [6.45, 7) is 1.07. The number of nitrogens with two attached hydrogens (primary N) is 1. The minimum atomic E-state index is -0.125. The number of halogens is 1. The Kier molecular flexibility index (Phi) is 4.86. The van der Waals surface area contributed by atoms with Crippen molar-refractivity contribution in [1.82, 2.24) is 20.3 Å². The first kappa shape index (κ1) is 18.0. The molecule has 0 aliphatic carbocycles. The van der Waals surface area contributed by atoms with Gasteiger partial charge in [-0.2, -0.15) is 9.97 Å². The first-order valence-electron chi connectivity index (χ1n) is 8.23. The molecule has 27 heavy (non-hydrogen) atoms. The van der Waals surface area contributed by atoms with Crippen LogP contribution in [0.25, 0.3) is 22.2 Å². The van der Waals surface area contributed by atoms with Crippen LogP contribution in [0.4, 0.5) is 5.95 Å². The van der Waals surface area contributed by atoms with Gasteiger partial charge in [-0.15, -0.1) is 0 Å². The number of amides is 1. The monoisotopic (exact) mass is 401 g/mol. The third-order valence-corrected chi connectivity index (χ3v) is 5.41. The number of carbonyl (C=O) groups excluding carboxylic acids is 1. The molecule has 3 aromatic rings. The first-order valence-corrected chi connectivity index (χ1v) is 9.59. The topological polar surface area (TPSA) is 103 Å². The van der Waals surface area contributed by atoms with Crippen LogP contribution in [0.1, 0.15) is 11.1 Å². The number of nitrogens with one attached hydrogen (secondary N) is 1. The molecule has 1 aliphatic rings. The Morgan fingerprint density at radius 1 is 1.30 bits per heavy atom. The number of nitrogen functional groups attached to an aromatic ring is 1. The van der Waals surface area contributed by atoms with Crippen molar-refractivity contribution in [3.63, 3.8) is 0 Å². The van der Waals surface area contributed by atoms with Crippen molar-refractivity contribution in [1.29, 1.82) is 0 Å². The quantitative estimate of drug-likeness (QED) is 0.648. The highest BCUT2D eigenvalue weighted by molar-refractivity contribution is 7.99. The lowest BCUT2D eigenvalue weighted by atomic mass is 9.94. The van der Waals surface area contributed by atoms with Crippen molar-refractivity contribution in [2.24, 2.45) is 0 Å². The third kappa shape index (κ3) is 3.43. The van der Waals surface area contributed by atoms with Gasteiger partial charge in [0.2, 0.25) is 11.9 Å². The molecule has 1 amide bonds. The molecule has 0 bridgehead atoms. The molecular weight excluding hydrogens is 386 g/mol. The van der Waals surface area contributed by atoms with E-state index in [1.807, 2.05) is 24.3 Å². The Bertz CT molecular complexity index is 1060. The second-order valence-electron chi connectivity index (χ2n) is 5.99. The lowest BCUT2D eigenvalue weighted by Gasteiger charge is -2.20. The summed E-state index contributed by atoms with van der Waals surface area (Å²) in [4.78, 5) is 24.4. The molecule has 1 aromatic heterocycles. The van der Waals surface area contributed by atoms with Crippen molar-refractivity contribution >= 4 is 46.0 Å². The van der Waals surface area contributed by atoms with Gasteiger partial charge in [0.25, 0.3) is 0 Å². The minimum Gasteiger partial charge on any atom is -0.372 e. The number of hydrogen-bond acceptors (Lipinski definition) is 7. The molecule has 2 heterocycles. The summed E-state index contributed by atoms with van der Waals surface area (Å²) in [7, 11) is 1.58. The van der Waals surface area contributed by atoms with Gasteiger partial charge in [-0.05, 0) is 28.0 Å². The summed E-state index contributed by atoms with van der Waals surface area (Å²) in [6.07, 6.45) is 0. The summed E-state index contributed by atoms with van der Waals surface area (Å²) < 4.78 is 5.63. The highest BCUT2D eigenvalue weighted by Gasteiger charge is 2.21. The second kappa shape index (κ2) is 7.30. The van der Waals surface area contributed by atoms with E-state index in [0.29, 0.717) is 34.8 Å². The first-order chi connectivity index (χ1) is 13.1. The van der Waals surface area contributed by atoms with Crippen LogP contribution < -0.4 is 11.1 Å². The molecule has 4 rings (SSSR count). The van der Waals surface area contributed by atoms with E-state index in [0.717, 1.165) is 21.9 Å². The summed E-state index contributed by atoms with van der Waals surface area (Å²) in [5.74, 6) is 0.537. The Morgan fingerprint density at radius 2 is 2.11 bits per heavy atom. The highest BCUT2D eigenvalue weighted by Crippen LogP contribution is 2.39. The zero-order valence-electron chi connectivity index (χ0n) is 14.5. The van der Waals surface area contributed by atoms with Crippen LogP contribution in [0.15, 0.2) is 29.4 Å². The van der Waals surface area contributed by atoms with Crippen LogP contribution in [-0.4, -0.2) is 33.7 Å². The number of rotatable bonds is 4. The summed E-state index contributed by atoms with van der Waals surface area (Å²) in [6, 6.07) is 7.88. The fourth-order valence-corrected chi connectivity index (χ4v) is 4.13. The maximum Gasteiger partial charge on any atom is 0.230 e. The van der Waals surface area contributed by atoms with E-state index in [1.54, 1.807) is 7.05 Å². The van der Waals surface area contributed by atoms with Crippen LogP contribution in [0.5, 0.6) is 0 Å². The number of benzene rings is 2. The zero-order chi connectivity index (χ0) is 19.0. The molecule has 2 aromatic carbocycles. The Balaban J connectivity index is 1.86. The highest BCUT2D eigenvalue weighted by atomic mass is 35.5. The maximum atomic E-state index is 11.5. The SMILES string of the molecule is CNC(=O)CSc1nc(N)nc(-c2c(Cl)cc3c4c(cccc24)COC3)n1. The summed E-state index contributed by atoms with van der Waals surface area (Å²) in [5.41, 5.74) is 8.73. The van der Waals surface area contributed by atoms with E-state index < -0.39 is 0 Å². The van der Waals surface area contributed by atoms with Gasteiger partial charge in [0.15, 0.2) is 11.0 Å². The van der Waals surface area contributed by atoms with Crippen molar-refractivity contribution in [3.8, 4) is 11.4 Å². The lowest BCUT2D eigenvalue weighted by Crippen LogP contribution is -2.20. The largest absolute Gasteiger partial charge is 0.372 e. The standard InChI is InChI=1S/C18H16ClN5O2S/c1-21-13(25)8-27-18-23-16(22-17(20)24-18)15-11-4-2-3-9-6-26-7-10(14(9)11)5-12(15)19/h2-5H,6-8H2,1H3,(H,21,25)(H2,20,22,23,24). The van der Waals surface area contributed by atoms with E-state index in [9.17, 15) is 4.79 Å². The van der Waals surface area contributed by atoms with Crippen molar-refractivity contribution < 1.29 is 9.53 Å². The van der Waals surface area contributed by atoms with Gasteiger partial charge in [-0.25, -0.2) is 4.98 Å². The number of nitrogens with zero attached hydrogens (tertiary/aromatic N) is 3. The molecule has 0 unspecified atom stereocenters. The van der Waals surface area contributed by atoms with E-state index in [4.69, 9.17) is 22.1 Å². The smallest absolute Gasteiger partial charge is 0.230 e. The number of carbonyl (C=O) groups is 1. The molecule has 0 saturated carbocycles. The van der Waals surface area contributed by atoms with E-state index in [2.05, 4.69) is 20.3 Å². The number of hydrogen-bond donors (Lipinski definition) is 2. The van der Waals surface area contributed by atoms with Gasteiger partial charge < -0.3 is 15.8 Å². The maximum absolute atomic E-state index is 11.5. The molecule has 138 valence electrons. The molecule has 0 spiro atoms. The van der Waals surface area contributed by atoms with Crippen LogP contribution in [0, 0.1) is 0 Å². The number of thioether (sulfide) groups is 1. The lowest BCUT2D eigenvalue weighted by molar-refractivity contribution is -0.118. The van der Waals surface area contributed by atoms with Crippen LogP contribution in [0.2, 0.25) is 5.02 Å². The molecule has 0 atom stereocenters. The predicted octanol–water partition coefficient (Wildman–Crippen LogP) is 2.80. The summed E-state index contributed by atoms with van der Waals surface area (Å²) in [5, 5.41) is 5.52. The average Bonchev–Trinajstić information content (AvgIpc) is 2.66. The summed E-state index contributed by atoms with van der Waals surface area (Å²) >= 11 is 7.78. The van der Waals surface area contributed by atoms with Crippen molar-refractivity contribution in [2.75, 3.05) is 18.5 Å². The van der Waals surface area contributed by atoms with Gasteiger partial charge in [0.05, 0.1) is 24.0 Å². The molecule has 9 heteroatoms. The number of anilines is 1. The molecule has 3 N–H and O–H groups in total. The molecule has 0 saturated heterocycles. The fourth-order valence-electron chi connectivity index (χ4n) is 3.10. The molecule has 7 nitrogen and oxygen atoms in total. The molecule has 0 fully saturated rings. The molecular formula is C18H16ClN5O2S. The predicted molar refractivity (Wildman–Crippen MR) is 105 cm³/mol. The van der Waals surface area contributed by atoms with Gasteiger partial charge in [0, 0.05) is 12.6 Å². The average molecular weight is 402 g/mol. The van der Waals surface area contributed by atoms with Crippen molar-refractivity contribution in [2.45, 2.75) is 18.4 Å². The van der Waals surface area contributed by atoms with Crippen LogP contribution >= 0.6 is 23.4 Å². The van der Waals surface area contributed by atoms with Crippen LogP contribution in [-0.2, 0) is 22.7 Å². The Labute approximate surface area is 164 Å². The number of ether oxygens (including phenoxy) is 1. The fraction of sp³-hybridized carbons (Fsp3) is 0.222. The van der Waals surface area contributed by atoms with Crippen molar-refractivity contribution in [3.05, 3.63) is 40.4 Å². The molecule has 0 radical (unpaired) electrons. The molecule has 1 aliphatic heterocycles. The Morgan fingerprint density at radius 3 is 2.93 bits per heavy atom.